The topological polar surface area (TPSA) is 44.4 Å². The molecule has 0 saturated carbocycles. The molecular formula is C15H20FN3O. The van der Waals surface area contributed by atoms with Crippen LogP contribution in [0.15, 0.2) is 18.2 Å². The Morgan fingerprint density at radius 3 is 3.10 bits per heavy atom. The number of piperidine rings is 1. The summed E-state index contributed by atoms with van der Waals surface area (Å²) in [5.41, 5.74) is 1.82. The van der Waals surface area contributed by atoms with Gasteiger partial charge in [-0.15, -0.1) is 0 Å². The number of hydrogen-bond acceptors (Lipinski definition) is 3. The van der Waals surface area contributed by atoms with E-state index in [1.165, 1.54) is 0 Å². The molecule has 1 amide bonds. The van der Waals surface area contributed by atoms with Crippen molar-refractivity contribution >= 4 is 11.6 Å². The normalized spacial score (nSPS) is 25.5. The summed E-state index contributed by atoms with van der Waals surface area (Å²) in [4.78, 5) is 14.0. The monoisotopic (exact) mass is 277 g/mol. The van der Waals surface area contributed by atoms with Crippen molar-refractivity contribution in [1.82, 2.24) is 10.6 Å². The van der Waals surface area contributed by atoms with Crippen LogP contribution in [0.2, 0.25) is 0 Å². The lowest BCUT2D eigenvalue weighted by molar-refractivity contribution is -0.122. The molecule has 0 aromatic heterocycles. The van der Waals surface area contributed by atoms with Crippen LogP contribution in [0.5, 0.6) is 0 Å². The van der Waals surface area contributed by atoms with Gasteiger partial charge in [0.25, 0.3) is 0 Å². The lowest BCUT2D eigenvalue weighted by Gasteiger charge is -2.38. The molecule has 5 heteroatoms. The number of nitrogens with zero attached hydrogens (tertiary/aromatic N) is 1. The number of carbonyl (C=O) groups is 1. The zero-order valence-electron chi connectivity index (χ0n) is 11.7. The third kappa shape index (κ3) is 2.38. The van der Waals surface area contributed by atoms with Gasteiger partial charge >= 0.3 is 0 Å². The van der Waals surface area contributed by atoms with Crippen LogP contribution in [0, 0.1) is 11.7 Å². The predicted octanol–water partition coefficient (Wildman–Crippen LogP) is 1.26. The van der Waals surface area contributed by atoms with Crippen LogP contribution >= 0.6 is 0 Å². The lowest BCUT2D eigenvalue weighted by atomic mass is 9.91. The Bertz CT molecular complexity index is 520. The van der Waals surface area contributed by atoms with Crippen molar-refractivity contribution in [3.63, 3.8) is 0 Å². The van der Waals surface area contributed by atoms with Gasteiger partial charge in [-0.05, 0) is 43.7 Å². The Balaban J connectivity index is 1.89. The van der Waals surface area contributed by atoms with Gasteiger partial charge in [0.1, 0.15) is 5.82 Å². The van der Waals surface area contributed by atoms with Crippen molar-refractivity contribution in [2.45, 2.75) is 25.4 Å². The van der Waals surface area contributed by atoms with E-state index in [1.54, 1.807) is 12.1 Å². The van der Waals surface area contributed by atoms with Crippen molar-refractivity contribution in [3.8, 4) is 0 Å². The molecule has 2 heterocycles. The number of halogens is 1. The Morgan fingerprint density at radius 2 is 2.30 bits per heavy atom. The molecule has 20 heavy (non-hydrogen) atoms. The van der Waals surface area contributed by atoms with E-state index in [4.69, 9.17) is 0 Å². The number of hydrogen-bond donors (Lipinski definition) is 2. The smallest absolute Gasteiger partial charge is 0.225 e. The minimum atomic E-state index is -0.216. The maximum absolute atomic E-state index is 13.8. The summed E-state index contributed by atoms with van der Waals surface area (Å²) in [6.07, 6.45) is 1.91. The van der Waals surface area contributed by atoms with Crippen molar-refractivity contribution in [1.29, 1.82) is 0 Å². The van der Waals surface area contributed by atoms with E-state index < -0.39 is 0 Å². The lowest BCUT2D eigenvalue weighted by Crippen LogP contribution is -2.45. The first kappa shape index (κ1) is 13.4. The van der Waals surface area contributed by atoms with E-state index in [0.717, 1.165) is 30.6 Å². The number of rotatable bonds is 3. The molecule has 2 saturated heterocycles. The SMILES string of the molecule is CNCc1cc(F)cc(N2CCCC3C(=O)NCC32)c1. The van der Waals surface area contributed by atoms with Gasteiger partial charge in [-0.2, -0.15) is 0 Å². The fourth-order valence-electron chi connectivity index (χ4n) is 3.38. The molecule has 108 valence electrons. The standard InChI is InChI=1S/C15H20FN3O/c1-17-8-10-5-11(16)7-12(6-10)19-4-2-3-13-14(19)9-18-15(13)20/h5-7,13-14,17H,2-4,8-9H2,1H3,(H,18,20). The first-order valence-corrected chi connectivity index (χ1v) is 7.17. The second-order valence-corrected chi connectivity index (χ2v) is 5.60. The molecule has 1 aromatic rings. The molecule has 0 aliphatic carbocycles. The van der Waals surface area contributed by atoms with Crippen LogP contribution in [0.25, 0.3) is 0 Å². The van der Waals surface area contributed by atoms with Crippen molar-refractivity contribution in [2.75, 3.05) is 25.0 Å². The fraction of sp³-hybridized carbons (Fsp3) is 0.533. The van der Waals surface area contributed by atoms with Gasteiger partial charge in [-0.1, -0.05) is 0 Å². The molecule has 2 atom stereocenters. The first-order chi connectivity index (χ1) is 9.69. The van der Waals surface area contributed by atoms with E-state index in [2.05, 4.69) is 15.5 Å². The number of anilines is 1. The van der Waals surface area contributed by atoms with Crippen molar-refractivity contribution < 1.29 is 9.18 Å². The van der Waals surface area contributed by atoms with Gasteiger partial charge in [0.05, 0.1) is 12.0 Å². The van der Waals surface area contributed by atoms with E-state index in [0.29, 0.717) is 13.1 Å². The zero-order chi connectivity index (χ0) is 14.1. The first-order valence-electron chi connectivity index (χ1n) is 7.17. The van der Waals surface area contributed by atoms with E-state index in [-0.39, 0.29) is 23.7 Å². The highest BCUT2D eigenvalue weighted by atomic mass is 19.1. The number of nitrogens with one attached hydrogen (secondary N) is 2. The Morgan fingerprint density at radius 1 is 1.45 bits per heavy atom. The average Bonchev–Trinajstić information content (AvgIpc) is 2.80. The number of amides is 1. The maximum atomic E-state index is 13.8. The second-order valence-electron chi connectivity index (χ2n) is 5.60. The fourth-order valence-corrected chi connectivity index (χ4v) is 3.38. The quantitative estimate of drug-likeness (QED) is 0.874. The molecule has 2 aliphatic heterocycles. The van der Waals surface area contributed by atoms with Crippen LogP contribution in [0.1, 0.15) is 18.4 Å². The molecule has 0 bridgehead atoms. The highest BCUT2D eigenvalue weighted by Crippen LogP contribution is 2.32. The number of carbonyl (C=O) groups excluding carboxylic acids is 1. The van der Waals surface area contributed by atoms with Crippen molar-refractivity contribution in [2.24, 2.45) is 5.92 Å². The molecule has 2 N–H and O–H groups in total. The largest absolute Gasteiger partial charge is 0.366 e. The summed E-state index contributed by atoms with van der Waals surface area (Å²) < 4.78 is 13.8. The Hall–Kier alpha value is -1.62. The van der Waals surface area contributed by atoms with Crippen LogP contribution in [0.4, 0.5) is 10.1 Å². The molecule has 2 unspecified atom stereocenters. The van der Waals surface area contributed by atoms with Crippen LogP contribution < -0.4 is 15.5 Å². The molecule has 4 nitrogen and oxygen atoms in total. The summed E-state index contributed by atoms with van der Waals surface area (Å²) in [5, 5.41) is 5.97. The maximum Gasteiger partial charge on any atom is 0.225 e. The Labute approximate surface area is 118 Å². The minimum absolute atomic E-state index is 0.0553. The molecule has 0 radical (unpaired) electrons. The number of fused-ring (bicyclic) bond motifs is 1. The van der Waals surface area contributed by atoms with E-state index in [1.807, 2.05) is 13.1 Å². The highest BCUT2D eigenvalue weighted by molar-refractivity contribution is 5.83. The second kappa shape index (κ2) is 5.40. The van der Waals surface area contributed by atoms with Crippen LogP contribution in [-0.2, 0) is 11.3 Å². The molecular weight excluding hydrogens is 257 g/mol. The van der Waals surface area contributed by atoms with Crippen LogP contribution in [-0.4, -0.2) is 32.1 Å². The summed E-state index contributed by atoms with van der Waals surface area (Å²) in [6.45, 7) is 2.20. The van der Waals surface area contributed by atoms with E-state index in [9.17, 15) is 9.18 Å². The van der Waals surface area contributed by atoms with Gasteiger partial charge in [0.2, 0.25) is 5.91 Å². The van der Waals surface area contributed by atoms with Gasteiger partial charge in [-0.3, -0.25) is 4.79 Å². The van der Waals surface area contributed by atoms with Crippen molar-refractivity contribution in [3.05, 3.63) is 29.6 Å². The summed E-state index contributed by atoms with van der Waals surface area (Å²) >= 11 is 0. The number of benzene rings is 1. The molecule has 2 aliphatic rings. The summed E-state index contributed by atoms with van der Waals surface area (Å²) in [7, 11) is 1.85. The van der Waals surface area contributed by atoms with Gasteiger partial charge in [0.15, 0.2) is 0 Å². The third-order valence-electron chi connectivity index (χ3n) is 4.26. The summed E-state index contributed by atoms with van der Waals surface area (Å²) in [6, 6.07) is 5.31. The third-order valence-corrected chi connectivity index (χ3v) is 4.26. The predicted molar refractivity (Wildman–Crippen MR) is 76.0 cm³/mol. The minimum Gasteiger partial charge on any atom is -0.366 e. The van der Waals surface area contributed by atoms with Gasteiger partial charge < -0.3 is 15.5 Å². The molecule has 1 aromatic carbocycles. The highest BCUT2D eigenvalue weighted by Gasteiger charge is 2.40. The molecule has 2 fully saturated rings. The Kier molecular flexibility index (Phi) is 3.61. The van der Waals surface area contributed by atoms with Gasteiger partial charge in [-0.25, -0.2) is 4.39 Å². The molecule has 0 spiro atoms. The average molecular weight is 277 g/mol. The van der Waals surface area contributed by atoms with Gasteiger partial charge in [0, 0.05) is 25.3 Å². The zero-order valence-corrected chi connectivity index (χ0v) is 11.7. The van der Waals surface area contributed by atoms with Crippen LogP contribution in [0.3, 0.4) is 0 Å². The summed E-state index contributed by atoms with van der Waals surface area (Å²) in [5.74, 6) is -0.0153. The van der Waals surface area contributed by atoms with E-state index >= 15 is 0 Å². The molecule has 3 rings (SSSR count).